The van der Waals surface area contributed by atoms with Crippen molar-refractivity contribution in [1.82, 2.24) is 19.5 Å². The topological polar surface area (TPSA) is 84.0 Å². The normalized spacial score (nSPS) is 16.5. The minimum Gasteiger partial charge on any atom is -0.497 e. The van der Waals surface area contributed by atoms with E-state index in [1.807, 2.05) is 31.2 Å². The van der Waals surface area contributed by atoms with Gasteiger partial charge in [-0.15, -0.1) is 0 Å². The van der Waals surface area contributed by atoms with Gasteiger partial charge in [-0.2, -0.15) is 4.72 Å². The summed E-state index contributed by atoms with van der Waals surface area (Å²) < 4.78 is 40.4. The monoisotopic (exact) mass is 532 g/mol. The molecule has 1 atom stereocenters. The summed E-state index contributed by atoms with van der Waals surface area (Å²) in [5.41, 5.74) is 0.482. The molecule has 10 heteroatoms. The number of benzene rings is 2. The number of ether oxygens (including phenoxy) is 2. The number of hydrogen-bond donors (Lipinski definition) is 1. The summed E-state index contributed by atoms with van der Waals surface area (Å²) >= 11 is 6.22. The van der Waals surface area contributed by atoms with Crippen LogP contribution >= 0.6 is 11.6 Å². The molecule has 0 saturated carbocycles. The summed E-state index contributed by atoms with van der Waals surface area (Å²) in [6.07, 6.45) is 3.16. The Morgan fingerprint density at radius 1 is 1.06 bits per heavy atom. The lowest BCUT2D eigenvalue weighted by molar-refractivity contribution is 0.195. The highest BCUT2D eigenvalue weighted by Gasteiger charge is 2.25. The molecule has 194 valence electrons. The minimum absolute atomic E-state index is 0.190. The molecular weight excluding hydrogens is 500 g/mol. The zero-order chi connectivity index (χ0) is 25.5. The molecule has 1 aromatic heterocycles. The number of hydrogen-bond acceptors (Lipinski definition) is 7. The van der Waals surface area contributed by atoms with E-state index in [1.165, 1.54) is 0 Å². The van der Waals surface area contributed by atoms with Gasteiger partial charge in [-0.1, -0.05) is 11.6 Å². The van der Waals surface area contributed by atoms with Crippen LogP contribution in [0.3, 0.4) is 0 Å². The van der Waals surface area contributed by atoms with Gasteiger partial charge in [0, 0.05) is 37.8 Å². The van der Waals surface area contributed by atoms with Crippen LogP contribution in [0.15, 0.2) is 59.6 Å². The molecule has 2 aromatic carbocycles. The van der Waals surface area contributed by atoms with Crippen molar-refractivity contribution in [3.8, 4) is 11.5 Å². The van der Waals surface area contributed by atoms with Crippen LogP contribution in [0.2, 0.25) is 5.02 Å². The predicted molar refractivity (Wildman–Crippen MR) is 142 cm³/mol. The van der Waals surface area contributed by atoms with Gasteiger partial charge in [0.1, 0.15) is 11.5 Å². The third kappa shape index (κ3) is 6.66. The third-order valence-electron chi connectivity index (χ3n) is 6.41. The van der Waals surface area contributed by atoms with Crippen molar-refractivity contribution in [2.24, 2.45) is 0 Å². The minimum atomic E-state index is -3.75. The number of fused-ring (bicyclic) bond motifs is 1. The van der Waals surface area contributed by atoms with Crippen LogP contribution in [0.5, 0.6) is 11.5 Å². The zero-order valence-corrected chi connectivity index (χ0v) is 22.3. The standard InChI is InChI=1S/C26H33ClN4O4S/c1-20(29-36(32,33)25-12-11-24(27)26-23(25)6-3-13-28-26)31-16-4-14-30(17-18-31)15-5-19-35-22-9-7-21(34-2)8-10-22/h3,6-13,20,29H,4-5,14-19H2,1-2H3. The fourth-order valence-corrected chi connectivity index (χ4v) is 6.10. The number of pyridine rings is 1. The van der Waals surface area contributed by atoms with Crippen LogP contribution in [0.1, 0.15) is 19.8 Å². The van der Waals surface area contributed by atoms with Crippen LogP contribution in [0.25, 0.3) is 10.9 Å². The van der Waals surface area contributed by atoms with E-state index in [2.05, 4.69) is 19.5 Å². The fraction of sp³-hybridized carbons (Fsp3) is 0.423. The van der Waals surface area contributed by atoms with E-state index in [0.29, 0.717) is 22.5 Å². The van der Waals surface area contributed by atoms with Gasteiger partial charge in [0.25, 0.3) is 0 Å². The van der Waals surface area contributed by atoms with Crippen LogP contribution in [0, 0.1) is 0 Å². The van der Waals surface area contributed by atoms with Gasteiger partial charge in [0.15, 0.2) is 0 Å². The van der Waals surface area contributed by atoms with Crippen molar-refractivity contribution in [3.63, 3.8) is 0 Å². The van der Waals surface area contributed by atoms with E-state index < -0.39 is 10.0 Å². The van der Waals surface area contributed by atoms with Gasteiger partial charge in [0.05, 0.1) is 35.3 Å². The van der Waals surface area contributed by atoms with Crippen molar-refractivity contribution in [2.75, 3.05) is 46.4 Å². The first-order chi connectivity index (χ1) is 17.4. The molecule has 0 radical (unpaired) electrons. The van der Waals surface area contributed by atoms with Gasteiger partial charge < -0.3 is 14.4 Å². The molecule has 1 aliphatic rings. The first kappa shape index (κ1) is 26.6. The molecule has 0 spiro atoms. The Bertz CT molecular complexity index is 1260. The van der Waals surface area contributed by atoms with E-state index in [9.17, 15) is 8.42 Å². The molecule has 1 fully saturated rings. The van der Waals surface area contributed by atoms with Crippen LogP contribution < -0.4 is 14.2 Å². The van der Waals surface area contributed by atoms with Crippen LogP contribution in [-0.2, 0) is 10.0 Å². The predicted octanol–water partition coefficient (Wildman–Crippen LogP) is 4.00. The highest BCUT2D eigenvalue weighted by atomic mass is 35.5. The molecule has 4 rings (SSSR count). The maximum absolute atomic E-state index is 13.2. The second kappa shape index (κ2) is 12.2. The van der Waals surface area contributed by atoms with Gasteiger partial charge in [0.2, 0.25) is 10.0 Å². The lowest BCUT2D eigenvalue weighted by atomic mass is 10.2. The van der Waals surface area contributed by atoms with E-state index in [4.69, 9.17) is 21.1 Å². The third-order valence-corrected chi connectivity index (χ3v) is 8.30. The van der Waals surface area contributed by atoms with Gasteiger partial charge >= 0.3 is 0 Å². The Labute approximate surface area is 218 Å². The Kier molecular flexibility index (Phi) is 9.03. The zero-order valence-electron chi connectivity index (χ0n) is 20.7. The molecule has 0 amide bonds. The molecule has 1 unspecified atom stereocenters. The fourth-order valence-electron chi connectivity index (χ4n) is 4.46. The van der Waals surface area contributed by atoms with Gasteiger partial charge in [-0.05, 0) is 74.8 Å². The number of methoxy groups -OCH3 is 1. The van der Waals surface area contributed by atoms with Crippen molar-refractivity contribution >= 4 is 32.5 Å². The van der Waals surface area contributed by atoms with Gasteiger partial charge in [-0.25, -0.2) is 8.42 Å². The Balaban J connectivity index is 1.28. The maximum atomic E-state index is 13.2. The van der Waals surface area contributed by atoms with Gasteiger partial charge in [-0.3, -0.25) is 9.88 Å². The summed E-state index contributed by atoms with van der Waals surface area (Å²) in [7, 11) is -2.11. The number of aromatic nitrogens is 1. The molecule has 8 nitrogen and oxygen atoms in total. The molecule has 1 aliphatic heterocycles. The molecule has 1 saturated heterocycles. The first-order valence-corrected chi connectivity index (χ1v) is 14.0. The number of nitrogens with zero attached hydrogens (tertiary/aromatic N) is 3. The summed E-state index contributed by atoms with van der Waals surface area (Å²) in [4.78, 5) is 9.03. The average molecular weight is 533 g/mol. The Morgan fingerprint density at radius 2 is 1.83 bits per heavy atom. The molecular formula is C26H33ClN4O4S. The first-order valence-electron chi connectivity index (χ1n) is 12.2. The highest BCUT2D eigenvalue weighted by Crippen LogP contribution is 2.27. The molecule has 2 heterocycles. The summed E-state index contributed by atoms with van der Waals surface area (Å²) in [6, 6.07) is 14.2. The van der Waals surface area contributed by atoms with E-state index in [-0.39, 0.29) is 11.1 Å². The van der Waals surface area contributed by atoms with Crippen LogP contribution in [-0.4, -0.2) is 75.8 Å². The van der Waals surface area contributed by atoms with E-state index in [0.717, 1.165) is 57.1 Å². The maximum Gasteiger partial charge on any atom is 0.242 e. The number of sulfonamides is 1. The van der Waals surface area contributed by atoms with Crippen molar-refractivity contribution < 1.29 is 17.9 Å². The molecule has 0 aliphatic carbocycles. The lowest BCUT2D eigenvalue weighted by Crippen LogP contribution is -2.47. The summed E-state index contributed by atoms with van der Waals surface area (Å²) in [6.45, 7) is 6.94. The number of halogens is 1. The van der Waals surface area contributed by atoms with E-state index >= 15 is 0 Å². The van der Waals surface area contributed by atoms with Crippen molar-refractivity contribution in [2.45, 2.75) is 30.8 Å². The Hall–Kier alpha value is -2.43. The second-order valence-electron chi connectivity index (χ2n) is 8.85. The quantitative estimate of drug-likeness (QED) is 0.395. The van der Waals surface area contributed by atoms with E-state index in [1.54, 1.807) is 37.6 Å². The molecule has 0 bridgehead atoms. The molecule has 3 aromatic rings. The molecule has 1 N–H and O–H groups in total. The highest BCUT2D eigenvalue weighted by molar-refractivity contribution is 7.89. The summed E-state index contributed by atoms with van der Waals surface area (Å²) in [5.74, 6) is 1.65. The largest absolute Gasteiger partial charge is 0.497 e. The molecule has 36 heavy (non-hydrogen) atoms. The number of rotatable bonds is 10. The second-order valence-corrected chi connectivity index (χ2v) is 10.9. The van der Waals surface area contributed by atoms with Crippen molar-refractivity contribution in [3.05, 3.63) is 59.8 Å². The SMILES string of the molecule is COc1ccc(OCCCN2CCCN(C(C)NS(=O)(=O)c3ccc(Cl)c4ncccc34)CC2)cc1. The average Bonchev–Trinajstić information content (AvgIpc) is 3.13. The lowest BCUT2D eigenvalue weighted by Gasteiger charge is -2.28. The van der Waals surface area contributed by atoms with Crippen LogP contribution in [0.4, 0.5) is 0 Å². The summed E-state index contributed by atoms with van der Waals surface area (Å²) in [5, 5.41) is 0.947. The Morgan fingerprint density at radius 3 is 2.61 bits per heavy atom. The number of nitrogens with one attached hydrogen (secondary N) is 1. The smallest absolute Gasteiger partial charge is 0.242 e. The van der Waals surface area contributed by atoms with Crippen molar-refractivity contribution in [1.29, 1.82) is 0 Å².